The molecule has 3 rings (SSSR count). The molecule has 0 spiro atoms. The Morgan fingerprint density at radius 2 is 1.18 bits per heavy atom. The Kier molecular flexibility index (Phi) is 8.56. The third kappa shape index (κ3) is 5.21. The first-order valence-electron chi connectivity index (χ1n) is 11.0. The fourth-order valence-electron chi connectivity index (χ4n) is 4.16. The normalized spacial score (nSPS) is 18.5. The minimum atomic E-state index is -0.0198. The summed E-state index contributed by atoms with van der Waals surface area (Å²) in [6.07, 6.45) is 5.03. The quantitative estimate of drug-likeness (QED) is 0.375. The van der Waals surface area contributed by atoms with E-state index in [1.807, 2.05) is 24.3 Å². The first-order chi connectivity index (χ1) is 16.2. The molecular weight excluding hydrogens is 475 g/mol. The maximum Gasteiger partial charge on any atom is 0.185 e. The molecule has 5 nitrogen and oxygen atoms in total. The zero-order valence-corrected chi connectivity index (χ0v) is 21.8. The van der Waals surface area contributed by atoms with Gasteiger partial charge < -0.3 is 18.9 Å². The minimum absolute atomic E-state index is 0.0198. The molecule has 1 aliphatic carbocycles. The van der Waals surface area contributed by atoms with Gasteiger partial charge in [0.15, 0.2) is 28.8 Å². The van der Waals surface area contributed by atoms with E-state index in [0.29, 0.717) is 80.0 Å². The Labute approximate surface area is 211 Å². The van der Waals surface area contributed by atoms with Crippen molar-refractivity contribution in [3.63, 3.8) is 0 Å². The lowest BCUT2D eigenvalue weighted by Gasteiger charge is -2.29. The molecule has 0 saturated heterocycles. The zero-order valence-electron chi connectivity index (χ0n) is 20.3. The van der Waals surface area contributed by atoms with Gasteiger partial charge in [0, 0.05) is 11.1 Å². The SMILES string of the molecule is COc1ccc(/C=C2\CC(C(C)C)C/C(=C\c3ccc(OC)c(OC)c3Cl)C2=O)c(Cl)c1OC. The van der Waals surface area contributed by atoms with Gasteiger partial charge in [-0.1, -0.05) is 37.0 Å². The van der Waals surface area contributed by atoms with E-state index in [1.54, 1.807) is 26.4 Å². The topological polar surface area (TPSA) is 54.0 Å². The maximum absolute atomic E-state index is 13.5. The number of rotatable bonds is 7. The van der Waals surface area contributed by atoms with E-state index in [1.165, 1.54) is 14.2 Å². The van der Waals surface area contributed by atoms with E-state index >= 15 is 0 Å². The number of ether oxygens (including phenoxy) is 4. The second-order valence-electron chi connectivity index (χ2n) is 8.49. The molecule has 0 bridgehead atoms. The average Bonchev–Trinajstić information content (AvgIpc) is 2.83. The van der Waals surface area contributed by atoms with E-state index in [-0.39, 0.29) is 5.78 Å². The maximum atomic E-state index is 13.5. The van der Waals surface area contributed by atoms with Gasteiger partial charge in [-0.25, -0.2) is 0 Å². The molecule has 182 valence electrons. The average molecular weight is 505 g/mol. The first kappa shape index (κ1) is 26.0. The number of benzene rings is 2. The highest BCUT2D eigenvalue weighted by molar-refractivity contribution is 6.34. The second kappa shape index (κ2) is 11.2. The van der Waals surface area contributed by atoms with Crippen molar-refractivity contribution in [2.24, 2.45) is 11.8 Å². The van der Waals surface area contributed by atoms with Gasteiger partial charge in [0.2, 0.25) is 0 Å². The standard InChI is InChI=1S/C27H30Cl2O5/c1-15(2)18-13-19(11-16-7-9-21(31-3)26(33-5)23(16)28)25(30)20(14-18)12-17-8-10-22(32-4)27(34-6)24(17)29/h7-12,15,18H,13-14H2,1-6H3/b19-11+,20-12+. The van der Waals surface area contributed by atoms with Crippen LogP contribution in [-0.2, 0) is 4.79 Å². The van der Waals surface area contributed by atoms with Gasteiger partial charge in [0.25, 0.3) is 0 Å². The molecule has 2 aromatic carbocycles. The van der Waals surface area contributed by atoms with Crippen molar-refractivity contribution in [1.29, 1.82) is 0 Å². The van der Waals surface area contributed by atoms with Gasteiger partial charge in [0.05, 0.1) is 38.5 Å². The summed E-state index contributed by atoms with van der Waals surface area (Å²) in [5, 5.41) is 0.810. The van der Waals surface area contributed by atoms with Gasteiger partial charge >= 0.3 is 0 Å². The summed E-state index contributed by atoms with van der Waals surface area (Å²) in [5.74, 6) is 2.62. The van der Waals surface area contributed by atoms with E-state index in [2.05, 4.69) is 13.8 Å². The second-order valence-corrected chi connectivity index (χ2v) is 9.25. The van der Waals surface area contributed by atoms with Gasteiger partial charge in [0.1, 0.15) is 0 Å². The van der Waals surface area contributed by atoms with E-state index < -0.39 is 0 Å². The Balaban J connectivity index is 2.08. The molecular formula is C27H30Cl2O5. The molecule has 0 aliphatic heterocycles. The number of allylic oxidation sites excluding steroid dienone is 2. The van der Waals surface area contributed by atoms with Crippen molar-refractivity contribution < 1.29 is 23.7 Å². The van der Waals surface area contributed by atoms with Crippen LogP contribution in [0.25, 0.3) is 12.2 Å². The van der Waals surface area contributed by atoms with Crippen LogP contribution in [-0.4, -0.2) is 34.2 Å². The van der Waals surface area contributed by atoms with Crippen LogP contribution in [0.5, 0.6) is 23.0 Å². The molecule has 1 aliphatic rings. The molecule has 0 atom stereocenters. The molecule has 0 amide bonds. The van der Waals surface area contributed by atoms with Gasteiger partial charge in [-0.15, -0.1) is 0 Å². The van der Waals surface area contributed by atoms with Crippen LogP contribution >= 0.6 is 23.2 Å². The predicted molar refractivity (Wildman–Crippen MR) is 138 cm³/mol. The number of hydrogen-bond acceptors (Lipinski definition) is 5. The number of hydrogen-bond donors (Lipinski definition) is 0. The third-order valence-electron chi connectivity index (χ3n) is 6.18. The number of halogens is 2. The monoisotopic (exact) mass is 504 g/mol. The van der Waals surface area contributed by atoms with Crippen LogP contribution < -0.4 is 18.9 Å². The molecule has 34 heavy (non-hydrogen) atoms. The van der Waals surface area contributed by atoms with Gasteiger partial charge in [-0.05, 0) is 72.2 Å². The predicted octanol–water partition coefficient (Wildman–Crippen LogP) is 7.13. The van der Waals surface area contributed by atoms with Crippen molar-refractivity contribution in [1.82, 2.24) is 0 Å². The Hall–Kier alpha value is -2.63. The smallest absolute Gasteiger partial charge is 0.185 e. The number of methoxy groups -OCH3 is 4. The van der Waals surface area contributed by atoms with Crippen molar-refractivity contribution in [3.8, 4) is 23.0 Å². The highest BCUT2D eigenvalue weighted by Crippen LogP contribution is 2.42. The van der Waals surface area contributed by atoms with Gasteiger partial charge in [-0.3, -0.25) is 4.79 Å². The highest BCUT2D eigenvalue weighted by Gasteiger charge is 2.30. The van der Waals surface area contributed by atoms with Crippen LogP contribution in [0.4, 0.5) is 0 Å². The summed E-state index contributed by atoms with van der Waals surface area (Å²) in [4.78, 5) is 13.5. The number of Topliss-reactive ketones (excluding diaryl/α,β-unsaturated/α-hetero) is 1. The largest absolute Gasteiger partial charge is 0.493 e. The molecule has 7 heteroatoms. The van der Waals surface area contributed by atoms with Crippen molar-refractivity contribution in [2.45, 2.75) is 26.7 Å². The lowest BCUT2D eigenvalue weighted by molar-refractivity contribution is -0.113. The molecule has 0 unspecified atom stereocenters. The van der Waals surface area contributed by atoms with Crippen LogP contribution in [0.2, 0.25) is 10.0 Å². The van der Waals surface area contributed by atoms with E-state index in [0.717, 1.165) is 0 Å². The van der Waals surface area contributed by atoms with Crippen molar-refractivity contribution in [3.05, 3.63) is 56.6 Å². The molecule has 1 saturated carbocycles. The molecule has 2 aromatic rings. The molecule has 0 radical (unpaired) electrons. The summed E-state index contributed by atoms with van der Waals surface area (Å²) in [6, 6.07) is 7.23. The summed E-state index contributed by atoms with van der Waals surface area (Å²) < 4.78 is 21.5. The Morgan fingerprint density at radius 3 is 1.50 bits per heavy atom. The summed E-state index contributed by atoms with van der Waals surface area (Å²) >= 11 is 13.2. The number of ketones is 1. The van der Waals surface area contributed by atoms with E-state index in [4.69, 9.17) is 42.1 Å². The summed E-state index contributed by atoms with van der Waals surface area (Å²) in [5.41, 5.74) is 2.80. The lowest BCUT2D eigenvalue weighted by atomic mass is 9.75. The van der Waals surface area contributed by atoms with E-state index in [9.17, 15) is 4.79 Å². The fourth-order valence-corrected chi connectivity index (χ4v) is 4.73. The first-order valence-corrected chi connectivity index (χ1v) is 11.8. The van der Waals surface area contributed by atoms with Crippen LogP contribution in [0.3, 0.4) is 0 Å². The minimum Gasteiger partial charge on any atom is -0.493 e. The molecule has 0 heterocycles. The lowest BCUT2D eigenvalue weighted by Crippen LogP contribution is -2.23. The zero-order chi connectivity index (χ0) is 25.0. The van der Waals surface area contributed by atoms with Crippen molar-refractivity contribution in [2.75, 3.05) is 28.4 Å². The number of carbonyl (C=O) groups is 1. The Morgan fingerprint density at radius 1 is 0.765 bits per heavy atom. The molecule has 1 fully saturated rings. The third-order valence-corrected chi connectivity index (χ3v) is 6.96. The highest BCUT2D eigenvalue weighted by atomic mass is 35.5. The number of carbonyl (C=O) groups excluding carboxylic acids is 1. The molecule has 0 aromatic heterocycles. The van der Waals surface area contributed by atoms with Crippen molar-refractivity contribution >= 4 is 41.1 Å². The van der Waals surface area contributed by atoms with Crippen LogP contribution in [0, 0.1) is 11.8 Å². The fraction of sp³-hybridized carbons (Fsp3) is 0.370. The van der Waals surface area contributed by atoms with Crippen LogP contribution in [0.15, 0.2) is 35.4 Å². The summed E-state index contributed by atoms with van der Waals surface area (Å²) in [7, 11) is 6.19. The van der Waals surface area contributed by atoms with Gasteiger partial charge in [-0.2, -0.15) is 0 Å². The Bertz CT molecular complexity index is 1050. The molecule has 0 N–H and O–H groups in total. The van der Waals surface area contributed by atoms with Crippen LogP contribution in [0.1, 0.15) is 37.8 Å². The summed E-state index contributed by atoms with van der Waals surface area (Å²) in [6.45, 7) is 4.34.